The van der Waals surface area contributed by atoms with E-state index in [2.05, 4.69) is 22.9 Å². The SMILES string of the molecule is C=C(C)C(=O)OOCC(O)COc1ccccc1C(C)(C)c1ccccc1OCC(O)COOC(=O)C(=C)C. The summed E-state index contributed by atoms with van der Waals surface area (Å²) in [5.74, 6) is -0.379. The summed E-state index contributed by atoms with van der Waals surface area (Å²) in [6.45, 7) is 13.1. The molecule has 0 radical (unpaired) electrons. The lowest BCUT2D eigenvalue weighted by Gasteiger charge is -2.30. The Hall–Kier alpha value is -3.70. The van der Waals surface area contributed by atoms with Crippen LogP contribution in [0.1, 0.15) is 38.8 Å². The minimum Gasteiger partial charge on any atom is -0.490 e. The molecule has 0 aliphatic carbocycles. The highest BCUT2D eigenvalue weighted by Crippen LogP contribution is 2.41. The first kappa shape index (κ1) is 31.5. The van der Waals surface area contributed by atoms with Crippen molar-refractivity contribution >= 4 is 11.9 Å². The zero-order valence-corrected chi connectivity index (χ0v) is 22.7. The molecule has 0 aliphatic heterocycles. The van der Waals surface area contributed by atoms with Crippen molar-refractivity contribution in [3.05, 3.63) is 84.0 Å². The van der Waals surface area contributed by atoms with Gasteiger partial charge < -0.3 is 19.7 Å². The topological polar surface area (TPSA) is 130 Å². The van der Waals surface area contributed by atoms with Crippen LogP contribution in [0.5, 0.6) is 11.5 Å². The number of aliphatic hydroxyl groups excluding tert-OH is 2. The van der Waals surface area contributed by atoms with E-state index >= 15 is 0 Å². The number of ether oxygens (including phenoxy) is 2. The van der Waals surface area contributed by atoms with E-state index < -0.39 is 29.6 Å². The second kappa shape index (κ2) is 15.0. The molecule has 2 rings (SSSR count). The standard InChI is InChI=1S/C29H36O10/c1-19(2)27(32)38-36-17-21(30)15-34-25-13-9-7-11-23(25)29(5,6)24-12-8-10-14-26(24)35-16-22(31)18-37-39-28(33)20(3)4/h7-14,21-22,30-31H,1,3,15-18H2,2,4-6H3. The van der Waals surface area contributed by atoms with Crippen molar-refractivity contribution in [2.24, 2.45) is 0 Å². The minimum atomic E-state index is -1.06. The lowest BCUT2D eigenvalue weighted by Crippen LogP contribution is -2.27. The van der Waals surface area contributed by atoms with Gasteiger partial charge in [0.05, 0.1) is 0 Å². The molecule has 212 valence electrons. The summed E-state index contributed by atoms with van der Waals surface area (Å²) in [4.78, 5) is 41.4. The molecule has 2 aromatic carbocycles. The first-order valence-corrected chi connectivity index (χ1v) is 12.2. The largest absolute Gasteiger partial charge is 0.490 e. The van der Waals surface area contributed by atoms with Gasteiger partial charge in [0.25, 0.3) is 0 Å². The van der Waals surface area contributed by atoms with E-state index in [1.165, 1.54) is 13.8 Å². The Bertz CT molecular complexity index is 1050. The van der Waals surface area contributed by atoms with E-state index in [0.29, 0.717) is 11.5 Å². The van der Waals surface area contributed by atoms with Gasteiger partial charge in [0.15, 0.2) is 0 Å². The van der Waals surface area contributed by atoms with Crippen molar-refractivity contribution in [3.8, 4) is 11.5 Å². The molecule has 0 aromatic heterocycles. The van der Waals surface area contributed by atoms with E-state index in [4.69, 9.17) is 19.2 Å². The van der Waals surface area contributed by atoms with E-state index in [-0.39, 0.29) is 37.6 Å². The number of hydrogen-bond donors (Lipinski definition) is 2. The van der Waals surface area contributed by atoms with Crippen LogP contribution in [0.3, 0.4) is 0 Å². The maximum absolute atomic E-state index is 11.4. The molecule has 0 spiro atoms. The molecule has 0 bridgehead atoms. The van der Waals surface area contributed by atoms with Crippen LogP contribution in [-0.4, -0.2) is 60.8 Å². The fraction of sp³-hybridized carbons (Fsp3) is 0.379. The third-order valence-corrected chi connectivity index (χ3v) is 5.47. The number of benzene rings is 2. The smallest absolute Gasteiger partial charge is 0.368 e. The first-order chi connectivity index (χ1) is 18.4. The van der Waals surface area contributed by atoms with Crippen molar-refractivity contribution in [1.82, 2.24) is 0 Å². The van der Waals surface area contributed by atoms with Crippen LogP contribution in [0.25, 0.3) is 0 Å². The Morgan fingerprint density at radius 2 is 1.08 bits per heavy atom. The zero-order chi connectivity index (χ0) is 29.0. The summed E-state index contributed by atoms with van der Waals surface area (Å²) >= 11 is 0. The van der Waals surface area contributed by atoms with Gasteiger partial charge in [0.1, 0.15) is 50.1 Å². The average Bonchev–Trinajstić information content (AvgIpc) is 2.90. The van der Waals surface area contributed by atoms with Crippen LogP contribution < -0.4 is 9.47 Å². The van der Waals surface area contributed by atoms with Gasteiger partial charge in [0, 0.05) is 27.7 Å². The van der Waals surface area contributed by atoms with Gasteiger partial charge >= 0.3 is 11.9 Å². The van der Waals surface area contributed by atoms with Crippen LogP contribution >= 0.6 is 0 Å². The maximum atomic E-state index is 11.4. The fourth-order valence-corrected chi connectivity index (χ4v) is 3.31. The van der Waals surface area contributed by atoms with Crippen LogP contribution in [0, 0.1) is 0 Å². The van der Waals surface area contributed by atoms with E-state index in [1.54, 1.807) is 12.1 Å². The Balaban J connectivity index is 2.05. The average molecular weight is 545 g/mol. The van der Waals surface area contributed by atoms with Crippen LogP contribution in [0.4, 0.5) is 0 Å². The van der Waals surface area contributed by atoms with Crippen LogP contribution in [0.2, 0.25) is 0 Å². The molecule has 2 unspecified atom stereocenters. The summed E-state index contributed by atoms with van der Waals surface area (Å²) in [5, 5.41) is 20.4. The summed E-state index contributed by atoms with van der Waals surface area (Å²) < 4.78 is 11.8. The predicted molar refractivity (Wildman–Crippen MR) is 142 cm³/mol. The van der Waals surface area contributed by atoms with Crippen molar-refractivity contribution < 1.29 is 48.8 Å². The number of carbonyl (C=O) groups is 2. The molecule has 2 atom stereocenters. The first-order valence-electron chi connectivity index (χ1n) is 12.2. The third kappa shape index (κ3) is 9.84. The Morgan fingerprint density at radius 3 is 1.44 bits per heavy atom. The third-order valence-electron chi connectivity index (χ3n) is 5.47. The molecule has 10 nitrogen and oxygen atoms in total. The molecular formula is C29H36O10. The maximum Gasteiger partial charge on any atom is 0.368 e. The van der Waals surface area contributed by atoms with Crippen LogP contribution in [0.15, 0.2) is 72.8 Å². The highest BCUT2D eigenvalue weighted by molar-refractivity contribution is 5.86. The molecule has 0 saturated carbocycles. The Morgan fingerprint density at radius 1 is 0.718 bits per heavy atom. The van der Waals surface area contributed by atoms with Gasteiger partial charge in [-0.3, -0.25) is 9.78 Å². The molecule has 0 aliphatic rings. The second-order valence-electron chi connectivity index (χ2n) is 9.42. The summed E-state index contributed by atoms with van der Waals surface area (Å²) in [6.07, 6.45) is -2.12. The van der Waals surface area contributed by atoms with E-state index in [0.717, 1.165) is 11.1 Å². The highest BCUT2D eigenvalue weighted by Gasteiger charge is 2.30. The van der Waals surface area contributed by atoms with Gasteiger partial charge in [0.2, 0.25) is 0 Å². The number of para-hydroxylation sites is 2. The zero-order valence-electron chi connectivity index (χ0n) is 22.7. The molecular weight excluding hydrogens is 508 g/mol. The monoisotopic (exact) mass is 544 g/mol. The molecule has 0 amide bonds. The summed E-state index contributed by atoms with van der Waals surface area (Å²) in [7, 11) is 0. The van der Waals surface area contributed by atoms with Gasteiger partial charge in [-0.05, 0) is 26.0 Å². The molecule has 0 fully saturated rings. The van der Waals surface area contributed by atoms with E-state index in [9.17, 15) is 19.8 Å². The lowest BCUT2D eigenvalue weighted by atomic mass is 9.77. The Labute approximate surface area is 228 Å². The lowest BCUT2D eigenvalue weighted by molar-refractivity contribution is -0.279. The van der Waals surface area contributed by atoms with Gasteiger partial charge in [-0.15, -0.1) is 0 Å². The number of aliphatic hydroxyl groups is 2. The Kier molecular flexibility index (Phi) is 12.1. The minimum absolute atomic E-state index is 0.113. The summed E-state index contributed by atoms with van der Waals surface area (Å²) in [5.41, 5.74) is 1.36. The molecule has 2 N–H and O–H groups in total. The highest BCUT2D eigenvalue weighted by atomic mass is 17.2. The van der Waals surface area contributed by atoms with Gasteiger partial charge in [-0.1, -0.05) is 63.4 Å². The van der Waals surface area contributed by atoms with Crippen molar-refractivity contribution in [2.75, 3.05) is 26.4 Å². The number of rotatable bonds is 16. The second-order valence-corrected chi connectivity index (χ2v) is 9.42. The van der Waals surface area contributed by atoms with E-state index in [1.807, 2.05) is 50.2 Å². The van der Waals surface area contributed by atoms with Crippen LogP contribution in [-0.2, 0) is 34.6 Å². The number of hydrogen-bond acceptors (Lipinski definition) is 10. The van der Waals surface area contributed by atoms with Gasteiger partial charge in [-0.25, -0.2) is 9.59 Å². The molecule has 2 aromatic rings. The van der Waals surface area contributed by atoms with Gasteiger partial charge in [-0.2, -0.15) is 9.78 Å². The predicted octanol–water partition coefficient (Wildman–Crippen LogP) is 3.59. The molecule has 0 heterocycles. The van der Waals surface area contributed by atoms with Crippen molar-refractivity contribution in [2.45, 2.75) is 45.3 Å². The normalized spacial score (nSPS) is 12.7. The summed E-state index contributed by atoms with van der Waals surface area (Å²) in [6, 6.07) is 14.7. The van der Waals surface area contributed by atoms with Crippen molar-refractivity contribution in [3.63, 3.8) is 0 Å². The molecule has 10 heteroatoms. The molecule has 39 heavy (non-hydrogen) atoms. The number of carbonyl (C=O) groups excluding carboxylic acids is 2. The molecule has 0 saturated heterocycles. The quantitative estimate of drug-likeness (QED) is 0.184. The fourth-order valence-electron chi connectivity index (χ4n) is 3.31. The van der Waals surface area contributed by atoms with Crippen molar-refractivity contribution in [1.29, 1.82) is 0 Å².